The Hall–Kier alpha value is -3.36. The van der Waals surface area contributed by atoms with Crippen molar-refractivity contribution in [2.45, 2.75) is 6.42 Å². The zero-order valence-electron chi connectivity index (χ0n) is 16.0. The summed E-state index contributed by atoms with van der Waals surface area (Å²) in [7, 11) is 0. The third kappa shape index (κ3) is 4.23. The van der Waals surface area contributed by atoms with E-state index in [0.29, 0.717) is 55.4 Å². The summed E-state index contributed by atoms with van der Waals surface area (Å²) < 4.78 is 5.29. The number of nitrogens with one attached hydrogen (secondary N) is 3. The van der Waals surface area contributed by atoms with Gasteiger partial charge in [0.05, 0.1) is 42.9 Å². The average Bonchev–Trinajstić information content (AvgIpc) is 3.25. The van der Waals surface area contributed by atoms with Crippen molar-refractivity contribution < 1.29 is 11.0 Å². The van der Waals surface area contributed by atoms with Crippen molar-refractivity contribution in [3.05, 3.63) is 71.6 Å². The Morgan fingerprint density at radius 3 is 2.59 bits per heavy atom. The minimum Gasteiger partial charge on any atom is -0.398 e. The molecule has 0 saturated carbocycles. The van der Waals surface area contributed by atoms with Crippen molar-refractivity contribution >= 4 is 23.0 Å². The fourth-order valence-corrected chi connectivity index (χ4v) is 3.32. The molecular formula is C21H26N6O2. The number of nitrogen functional groups attached to an aromatic ring is 1. The number of benzene rings is 2. The van der Waals surface area contributed by atoms with Gasteiger partial charge < -0.3 is 15.4 Å². The first-order valence-corrected chi connectivity index (χ1v) is 9.53. The molecule has 2 aromatic carbocycles. The Balaban J connectivity index is 0.00000256. The van der Waals surface area contributed by atoms with E-state index in [9.17, 15) is 4.79 Å². The van der Waals surface area contributed by atoms with Gasteiger partial charge in [-0.3, -0.25) is 20.6 Å². The van der Waals surface area contributed by atoms with Crippen molar-refractivity contribution in [3.8, 4) is 0 Å². The maximum Gasteiger partial charge on any atom is 0.227 e. The lowest BCUT2D eigenvalue weighted by molar-refractivity contribution is -0.134. The van der Waals surface area contributed by atoms with E-state index in [-0.39, 0.29) is 7.33 Å². The van der Waals surface area contributed by atoms with Gasteiger partial charge in [-0.15, -0.1) is 5.53 Å². The fraction of sp³-hybridized carbons (Fsp3) is 0.238. The molecule has 1 fully saturated rings. The smallest absolute Gasteiger partial charge is 0.227 e. The molecule has 0 atom stereocenters. The molecule has 2 heterocycles. The molecule has 1 amide bonds. The van der Waals surface area contributed by atoms with Crippen molar-refractivity contribution in [1.29, 1.82) is 5.41 Å². The van der Waals surface area contributed by atoms with E-state index in [1.54, 1.807) is 11.1 Å². The number of ether oxygens (including phenoxy) is 1. The van der Waals surface area contributed by atoms with Crippen molar-refractivity contribution in [2.75, 3.05) is 37.0 Å². The van der Waals surface area contributed by atoms with Gasteiger partial charge in [0.1, 0.15) is 0 Å². The predicted octanol–water partition coefficient (Wildman–Crippen LogP) is 1.65. The number of hydrogen-bond donors (Lipinski definition) is 4. The van der Waals surface area contributed by atoms with Crippen LogP contribution in [0.5, 0.6) is 0 Å². The molecule has 152 valence electrons. The molecule has 2 aliphatic rings. The van der Waals surface area contributed by atoms with E-state index in [2.05, 4.69) is 11.0 Å². The molecule has 2 aromatic rings. The average molecular weight is 394 g/mol. The first-order chi connectivity index (χ1) is 14.1. The van der Waals surface area contributed by atoms with Crippen LogP contribution in [-0.2, 0) is 16.0 Å². The number of anilines is 2. The summed E-state index contributed by atoms with van der Waals surface area (Å²) in [5, 5.41) is 10.2. The number of nitrogens with two attached hydrogens (primary N) is 1. The predicted molar refractivity (Wildman–Crippen MR) is 114 cm³/mol. The standard InChI is InChI=1S/C21H24N6O2.H2/c22-18-4-2-1-3-17(18)21(23)19-14-27(25-24-19)16-7-5-15(6-8-16)13-20(28)26-9-11-29-12-10-26;/h1-8,14,23-25H,9-13,22H2;1H. The summed E-state index contributed by atoms with van der Waals surface area (Å²) in [4.78, 5) is 14.2. The molecule has 5 N–H and O–H groups in total. The number of hydrazine groups is 2. The zero-order chi connectivity index (χ0) is 20.2. The van der Waals surface area contributed by atoms with E-state index in [1.165, 1.54) is 0 Å². The number of carbonyl (C=O) groups is 1. The Morgan fingerprint density at radius 2 is 1.86 bits per heavy atom. The molecule has 0 aromatic heterocycles. The number of amides is 1. The van der Waals surface area contributed by atoms with Crippen LogP contribution in [0.3, 0.4) is 0 Å². The highest BCUT2D eigenvalue weighted by Gasteiger charge is 2.20. The zero-order valence-corrected chi connectivity index (χ0v) is 16.0. The fourth-order valence-electron chi connectivity index (χ4n) is 3.32. The van der Waals surface area contributed by atoms with E-state index in [0.717, 1.165) is 11.3 Å². The molecule has 4 rings (SSSR count). The summed E-state index contributed by atoms with van der Waals surface area (Å²) in [6.45, 7) is 2.53. The molecule has 0 radical (unpaired) electrons. The van der Waals surface area contributed by atoms with E-state index >= 15 is 0 Å². The van der Waals surface area contributed by atoms with Crippen LogP contribution in [0.25, 0.3) is 0 Å². The van der Waals surface area contributed by atoms with E-state index in [4.69, 9.17) is 15.9 Å². The molecule has 0 aliphatic carbocycles. The summed E-state index contributed by atoms with van der Waals surface area (Å²) >= 11 is 0. The summed E-state index contributed by atoms with van der Waals surface area (Å²) in [6.07, 6.45) is 2.19. The van der Waals surface area contributed by atoms with E-state index < -0.39 is 0 Å². The lowest BCUT2D eigenvalue weighted by Gasteiger charge is -2.27. The first-order valence-electron chi connectivity index (χ1n) is 9.53. The third-order valence-corrected chi connectivity index (χ3v) is 5.00. The number of carbonyl (C=O) groups excluding carboxylic acids is 1. The maximum absolute atomic E-state index is 12.4. The van der Waals surface area contributed by atoms with Gasteiger partial charge in [0.15, 0.2) is 0 Å². The normalized spacial score (nSPS) is 16.3. The van der Waals surface area contributed by atoms with Gasteiger partial charge in [0.2, 0.25) is 5.91 Å². The van der Waals surface area contributed by atoms with Crippen LogP contribution < -0.4 is 21.7 Å². The molecule has 8 heteroatoms. The number of nitrogens with zero attached hydrogens (tertiary/aromatic N) is 2. The topological polar surface area (TPSA) is 107 Å². The van der Waals surface area contributed by atoms with Gasteiger partial charge in [-0.05, 0) is 23.8 Å². The minimum atomic E-state index is 0. The van der Waals surface area contributed by atoms with Crippen molar-refractivity contribution in [3.63, 3.8) is 0 Å². The molecular weight excluding hydrogens is 368 g/mol. The Kier molecular flexibility index (Phi) is 5.46. The van der Waals surface area contributed by atoms with Gasteiger partial charge in [-0.1, -0.05) is 30.3 Å². The summed E-state index contributed by atoms with van der Waals surface area (Å²) in [5.41, 5.74) is 16.0. The monoisotopic (exact) mass is 394 g/mol. The number of morpholine rings is 1. The van der Waals surface area contributed by atoms with Gasteiger partial charge in [-0.2, -0.15) is 0 Å². The van der Waals surface area contributed by atoms with Gasteiger partial charge in [0.25, 0.3) is 0 Å². The van der Waals surface area contributed by atoms with Gasteiger partial charge >= 0.3 is 0 Å². The van der Waals surface area contributed by atoms with Gasteiger partial charge in [-0.25, -0.2) is 0 Å². The second kappa shape index (κ2) is 8.34. The Labute approximate surface area is 170 Å². The third-order valence-electron chi connectivity index (χ3n) is 5.00. The highest BCUT2D eigenvalue weighted by Crippen LogP contribution is 2.20. The van der Waals surface area contributed by atoms with Crippen LogP contribution >= 0.6 is 0 Å². The molecule has 1 saturated heterocycles. The lowest BCUT2D eigenvalue weighted by atomic mass is 10.1. The molecule has 0 spiro atoms. The summed E-state index contributed by atoms with van der Waals surface area (Å²) in [6, 6.07) is 15.1. The van der Waals surface area contributed by atoms with Crippen LogP contribution in [-0.4, -0.2) is 42.8 Å². The number of para-hydroxylation sites is 1. The number of hydrogen-bond acceptors (Lipinski definition) is 7. The second-order valence-electron chi connectivity index (χ2n) is 6.95. The second-order valence-corrected chi connectivity index (χ2v) is 6.95. The van der Waals surface area contributed by atoms with Crippen LogP contribution in [0.15, 0.2) is 60.4 Å². The molecule has 29 heavy (non-hydrogen) atoms. The molecule has 0 bridgehead atoms. The van der Waals surface area contributed by atoms with Crippen molar-refractivity contribution in [2.24, 2.45) is 0 Å². The van der Waals surface area contributed by atoms with Crippen LogP contribution in [0.1, 0.15) is 12.6 Å². The number of allylic oxidation sites excluding steroid dienone is 1. The maximum atomic E-state index is 12.4. The Morgan fingerprint density at radius 1 is 1.14 bits per heavy atom. The quantitative estimate of drug-likeness (QED) is 0.454. The summed E-state index contributed by atoms with van der Waals surface area (Å²) in [5.74, 6) is 0.123. The first kappa shape index (κ1) is 19.0. The van der Waals surface area contributed by atoms with Gasteiger partial charge in [0, 0.05) is 25.8 Å². The lowest BCUT2D eigenvalue weighted by Crippen LogP contribution is -2.41. The molecule has 8 nitrogen and oxygen atoms in total. The highest BCUT2D eigenvalue weighted by atomic mass is 16.5. The number of rotatable bonds is 5. The SMILES string of the molecule is N=C(C1=CN(c2ccc(CC(=O)N3CCOCC3)cc2)NN1)c1ccccc1N.[HH]. The van der Waals surface area contributed by atoms with E-state index in [1.807, 2.05) is 53.6 Å². The highest BCUT2D eigenvalue weighted by molar-refractivity contribution is 6.13. The minimum absolute atomic E-state index is 0. The Bertz CT molecular complexity index is 941. The van der Waals surface area contributed by atoms with Crippen LogP contribution in [0.4, 0.5) is 11.4 Å². The van der Waals surface area contributed by atoms with Crippen molar-refractivity contribution in [1.82, 2.24) is 15.9 Å². The van der Waals surface area contributed by atoms with Crippen LogP contribution in [0.2, 0.25) is 0 Å². The largest absolute Gasteiger partial charge is 0.398 e. The van der Waals surface area contributed by atoms with Crippen LogP contribution in [0, 0.1) is 5.41 Å². The molecule has 0 unspecified atom stereocenters. The molecule has 2 aliphatic heterocycles.